The molecule has 212 valence electrons. The van der Waals surface area contributed by atoms with E-state index in [2.05, 4.69) is 31.2 Å². The number of carbonyl (C=O) groups is 4. The number of carboxylic acids is 1. The Balaban J connectivity index is 1.70. The lowest BCUT2D eigenvalue weighted by Gasteiger charge is -2.24. The Morgan fingerprint density at radius 3 is 2.44 bits per heavy atom. The number of aliphatic hydroxyl groups excluding tert-OH is 1. The molecule has 0 radical (unpaired) electrons. The Bertz CT molecular complexity index is 1190. The van der Waals surface area contributed by atoms with Gasteiger partial charge in [0.25, 0.3) is 0 Å². The van der Waals surface area contributed by atoms with E-state index < -0.39 is 48.6 Å². The van der Waals surface area contributed by atoms with Gasteiger partial charge >= 0.3 is 5.97 Å². The number of aliphatic carboxylic acids is 1. The van der Waals surface area contributed by atoms with Crippen LogP contribution < -0.4 is 32.7 Å². The molecule has 1 aromatic heterocycles. The molecule has 1 aliphatic heterocycles. The number of amides is 3. The zero-order valence-electron chi connectivity index (χ0n) is 21.5. The number of rotatable bonds is 14. The average Bonchev–Trinajstić information content (AvgIpc) is 3.59. The Kier molecular flexibility index (Phi) is 10.6. The maximum atomic E-state index is 13.3. The van der Waals surface area contributed by atoms with Crippen molar-refractivity contribution in [2.24, 2.45) is 16.5 Å². The van der Waals surface area contributed by atoms with E-state index in [4.69, 9.17) is 11.5 Å². The summed E-state index contributed by atoms with van der Waals surface area (Å²) in [5, 5.41) is 30.8. The normalized spacial score (nSPS) is 17.1. The van der Waals surface area contributed by atoms with Gasteiger partial charge in [0.2, 0.25) is 17.7 Å². The SMILES string of the molecule is NC(N)=NCCCC(NC(=O)C(CO)NC(=O)C(Cc1c[nH]c2ccccc12)NC(=O)C1CCCN1)C(=O)O. The van der Waals surface area contributed by atoms with E-state index in [-0.39, 0.29) is 37.7 Å². The quantitative estimate of drug-likeness (QED) is 0.0728. The zero-order valence-corrected chi connectivity index (χ0v) is 21.5. The monoisotopic (exact) mass is 544 g/mol. The second-order valence-electron chi connectivity index (χ2n) is 9.37. The largest absolute Gasteiger partial charge is 0.480 e. The van der Waals surface area contributed by atoms with Crippen LogP contribution in [0, 0.1) is 0 Å². The van der Waals surface area contributed by atoms with Crippen molar-refractivity contribution in [3.05, 3.63) is 36.0 Å². The van der Waals surface area contributed by atoms with E-state index in [0.29, 0.717) is 13.0 Å². The van der Waals surface area contributed by atoms with Gasteiger partial charge in [-0.1, -0.05) is 18.2 Å². The molecule has 0 bridgehead atoms. The number of guanidine groups is 1. The van der Waals surface area contributed by atoms with Crippen molar-refractivity contribution >= 4 is 40.6 Å². The van der Waals surface area contributed by atoms with Crippen molar-refractivity contribution in [2.45, 2.75) is 56.3 Å². The van der Waals surface area contributed by atoms with Crippen LogP contribution in [0.15, 0.2) is 35.5 Å². The molecule has 1 aromatic carbocycles. The molecule has 2 heterocycles. The first-order valence-corrected chi connectivity index (χ1v) is 12.8. The Morgan fingerprint density at radius 2 is 1.77 bits per heavy atom. The van der Waals surface area contributed by atoms with Crippen LogP contribution in [0.2, 0.25) is 0 Å². The molecule has 1 fully saturated rings. The number of para-hydroxylation sites is 1. The molecule has 14 heteroatoms. The number of nitrogens with two attached hydrogens (primary N) is 2. The summed E-state index contributed by atoms with van der Waals surface area (Å²) in [6, 6.07) is 3.29. The Morgan fingerprint density at radius 1 is 1.05 bits per heavy atom. The summed E-state index contributed by atoms with van der Waals surface area (Å²) in [4.78, 5) is 57.5. The first kappa shape index (κ1) is 29.4. The number of aliphatic imine (C=N–C) groups is 1. The summed E-state index contributed by atoms with van der Waals surface area (Å²) >= 11 is 0. The summed E-state index contributed by atoms with van der Waals surface area (Å²) in [5.74, 6) is -3.34. The van der Waals surface area contributed by atoms with E-state index >= 15 is 0 Å². The highest BCUT2D eigenvalue weighted by molar-refractivity contribution is 5.95. The van der Waals surface area contributed by atoms with Crippen molar-refractivity contribution in [3.63, 3.8) is 0 Å². The minimum Gasteiger partial charge on any atom is -0.480 e. The molecule has 0 spiro atoms. The van der Waals surface area contributed by atoms with Gasteiger partial charge in [-0.2, -0.15) is 0 Å². The highest BCUT2D eigenvalue weighted by Gasteiger charge is 2.31. The molecule has 11 N–H and O–H groups in total. The molecule has 0 saturated carbocycles. The van der Waals surface area contributed by atoms with E-state index in [0.717, 1.165) is 22.9 Å². The van der Waals surface area contributed by atoms with Crippen molar-refractivity contribution < 1.29 is 29.4 Å². The molecule has 14 nitrogen and oxygen atoms in total. The zero-order chi connectivity index (χ0) is 28.4. The number of nitrogens with zero attached hydrogens (tertiary/aromatic N) is 1. The highest BCUT2D eigenvalue weighted by atomic mass is 16.4. The number of aliphatic hydroxyl groups is 1. The molecular weight excluding hydrogens is 508 g/mol. The van der Waals surface area contributed by atoms with E-state index in [9.17, 15) is 29.4 Å². The van der Waals surface area contributed by atoms with Gasteiger partial charge in [-0.25, -0.2) is 4.79 Å². The average molecular weight is 545 g/mol. The number of nitrogens with one attached hydrogen (secondary N) is 5. The van der Waals surface area contributed by atoms with Gasteiger partial charge in [0, 0.05) is 30.1 Å². The minimum atomic E-state index is -1.44. The van der Waals surface area contributed by atoms with Gasteiger partial charge < -0.3 is 47.9 Å². The predicted octanol–water partition coefficient (Wildman–Crippen LogP) is -1.95. The molecule has 3 amide bonds. The fraction of sp³-hybridized carbons (Fsp3) is 0.480. The molecule has 0 aliphatic carbocycles. The fourth-order valence-electron chi connectivity index (χ4n) is 4.41. The Hall–Kier alpha value is -4.17. The fourth-order valence-corrected chi connectivity index (χ4v) is 4.41. The standard InChI is InChI=1S/C25H36N8O6/c26-25(27)29-10-4-8-18(24(38)39)31-23(37)20(13-34)33-22(36)19(32-21(35)17-7-3-9-28-17)11-14-12-30-16-6-2-1-5-15(14)16/h1-2,5-6,12,17-20,28,30,34H,3-4,7-11,13H2,(H,31,37)(H,32,35)(H,33,36)(H,38,39)(H4,26,27,29). The van der Waals surface area contributed by atoms with Gasteiger partial charge in [0.1, 0.15) is 18.1 Å². The van der Waals surface area contributed by atoms with Gasteiger partial charge in [0.05, 0.1) is 12.6 Å². The van der Waals surface area contributed by atoms with E-state index in [1.54, 1.807) is 6.20 Å². The van der Waals surface area contributed by atoms with Crippen LogP contribution in [0.25, 0.3) is 10.9 Å². The number of hydrogen-bond acceptors (Lipinski definition) is 7. The van der Waals surface area contributed by atoms with Gasteiger partial charge in [-0.05, 0) is 43.9 Å². The second-order valence-corrected chi connectivity index (χ2v) is 9.37. The van der Waals surface area contributed by atoms with E-state index in [1.165, 1.54) is 0 Å². The summed E-state index contributed by atoms with van der Waals surface area (Å²) in [7, 11) is 0. The number of fused-ring (bicyclic) bond motifs is 1. The smallest absolute Gasteiger partial charge is 0.326 e. The molecular formula is C25H36N8O6. The molecule has 3 rings (SSSR count). The van der Waals surface area contributed by atoms with Crippen LogP contribution in [0.4, 0.5) is 0 Å². The molecule has 4 atom stereocenters. The highest BCUT2D eigenvalue weighted by Crippen LogP contribution is 2.19. The molecule has 4 unspecified atom stereocenters. The lowest BCUT2D eigenvalue weighted by atomic mass is 10.0. The van der Waals surface area contributed by atoms with Crippen LogP contribution in [-0.2, 0) is 25.6 Å². The maximum absolute atomic E-state index is 13.3. The number of benzene rings is 1. The third kappa shape index (κ3) is 8.41. The minimum absolute atomic E-state index is 0.0254. The van der Waals surface area contributed by atoms with Crippen molar-refractivity contribution in [1.29, 1.82) is 0 Å². The summed E-state index contributed by atoms with van der Waals surface area (Å²) < 4.78 is 0. The van der Waals surface area contributed by atoms with Crippen LogP contribution in [0.1, 0.15) is 31.2 Å². The first-order chi connectivity index (χ1) is 18.7. The van der Waals surface area contributed by atoms with Crippen LogP contribution >= 0.6 is 0 Å². The third-order valence-corrected chi connectivity index (χ3v) is 6.48. The molecule has 39 heavy (non-hydrogen) atoms. The summed E-state index contributed by atoms with van der Waals surface area (Å²) in [6.07, 6.45) is 3.64. The number of hydrogen-bond donors (Lipinski definition) is 9. The maximum Gasteiger partial charge on any atom is 0.326 e. The van der Waals surface area contributed by atoms with E-state index in [1.807, 2.05) is 24.3 Å². The van der Waals surface area contributed by atoms with Crippen LogP contribution in [-0.4, -0.2) is 88.7 Å². The van der Waals surface area contributed by atoms with Crippen LogP contribution in [0.3, 0.4) is 0 Å². The third-order valence-electron chi connectivity index (χ3n) is 6.48. The molecule has 1 aliphatic rings. The number of H-pyrrole nitrogens is 1. The number of aromatic amines is 1. The van der Waals surface area contributed by atoms with Crippen molar-refractivity contribution in [1.82, 2.24) is 26.3 Å². The number of carbonyl (C=O) groups excluding carboxylic acids is 3. The molecule has 2 aromatic rings. The van der Waals surface area contributed by atoms with Gasteiger partial charge in [-0.15, -0.1) is 0 Å². The Labute approximate surface area is 225 Å². The van der Waals surface area contributed by atoms with Crippen LogP contribution in [0.5, 0.6) is 0 Å². The lowest BCUT2D eigenvalue weighted by Crippen LogP contribution is -2.58. The first-order valence-electron chi connectivity index (χ1n) is 12.8. The topological polar surface area (TPSA) is 237 Å². The molecule has 1 saturated heterocycles. The lowest BCUT2D eigenvalue weighted by molar-refractivity contribution is -0.142. The summed E-state index contributed by atoms with van der Waals surface area (Å²) in [6.45, 7) is 0.0872. The number of aromatic nitrogens is 1. The van der Waals surface area contributed by atoms with Crippen molar-refractivity contribution in [2.75, 3.05) is 19.7 Å². The van der Waals surface area contributed by atoms with Gasteiger partial charge in [0.15, 0.2) is 5.96 Å². The van der Waals surface area contributed by atoms with Crippen molar-refractivity contribution in [3.8, 4) is 0 Å². The second kappa shape index (κ2) is 14.1. The number of carboxylic acid groups (broad SMARTS) is 1. The predicted molar refractivity (Wildman–Crippen MR) is 143 cm³/mol. The van der Waals surface area contributed by atoms with Gasteiger partial charge in [-0.3, -0.25) is 19.4 Å². The summed E-state index contributed by atoms with van der Waals surface area (Å²) in [5.41, 5.74) is 12.2.